The molecule has 39 heavy (non-hydrogen) atoms. The number of benzene rings is 2. The minimum Gasteiger partial charge on any atom is -0.496 e. The number of carbonyl (C=O) groups is 1. The number of anilines is 3. The van der Waals surface area contributed by atoms with E-state index in [4.69, 9.17) is 9.15 Å². The smallest absolute Gasteiger partial charge is 0.322 e. The second-order valence-electron chi connectivity index (χ2n) is 9.93. The number of hydrogen-bond acceptors (Lipinski definition) is 8. The topological polar surface area (TPSA) is 120 Å². The third-order valence-corrected chi connectivity index (χ3v) is 8.70. The Morgan fingerprint density at radius 3 is 2.36 bits per heavy atom. The van der Waals surface area contributed by atoms with E-state index in [9.17, 15) is 13.2 Å². The lowest BCUT2D eigenvalue weighted by molar-refractivity contribution is 0.206. The summed E-state index contributed by atoms with van der Waals surface area (Å²) < 4.78 is 38.8. The Kier molecular flexibility index (Phi) is 7.41. The van der Waals surface area contributed by atoms with Gasteiger partial charge in [0.15, 0.2) is 0 Å². The molecule has 0 atom stereocenters. The average molecular weight is 555 g/mol. The highest BCUT2D eigenvalue weighted by atomic mass is 32.2. The van der Waals surface area contributed by atoms with E-state index in [1.807, 2.05) is 6.07 Å². The van der Waals surface area contributed by atoms with E-state index in [0.717, 1.165) is 48.7 Å². The van der Waals surface area contributed by atoms with Crippen LogP contribution >= 0.6 is 0 Å². The average Bonchev–Trinajstić information content (AvgIpc) is 3.23. The Morgan fingerprint density at radius 1 is 1.00 bits per heavy atom. The van der Waals surface area contributed by atoms with Crippen molar-refractivity contribution in [3.63, 3.8) is 0 Å². The van der Waals surface area contributed by atoms with Crippen molar-refractivity contribution in [1.29, 1.82) is 0 Å². The number of aromatic nitrogens is 1. The van der Waals surface area contributed by atoms with Gasteiger partial charge in [0.1, 0.15) is 11.5 Å². The second kappa shape index (κ2) is 10.8. The first-order chi connectivity index (χ1) is 18.6. The summed E-state index contributed by atoms with van der Waals surface area (Å²) in [7, 11) is -0.0847. The number of piperazine rings is 1. The van der Waals surface area contributed by atoms with E-state index < -0.39 is 10.0 Å². The summed E-state index contributed by atoms with van der Waals surface area (Å²) in [6, 6.07) is 9.79. The van der Waals surface area contributed by atoms with E-state index in [0.29, 0.717) is 36.7 Å². The monoisotopic (exact) mass is 554 g/mol. The van der Waals surface area contributed by atoms with E-state index >= 15 is 0 Å². The molecule has 0 spiro atoms. The lowest BCUT2D eigenvalue weighted by atomic mass is 9.96. The first-order valence-electron chi connectivity index (χ1n) is 12.9. The van der Waals surface area contributed by atoms with Crippen LogP contribution in [0.15, 0.2) is 45.7 Å². The zero-order valence-electron chi connectivity index (χ0n) is 22.7. The van der Waals surface area contributed by atoms with Crippen molar-refractivity contribution in [2.45, 2.75) is 31.7 Å². The van der Waals surface area contributed by atoms with Gasteiger partial charge in [0.05, 0.1) is 17.7 Å². The first-order valence-corrected chi connectivity index (χ1v) is 14.4. The molecule has 1 saturated heterocycles. The maximum Gasteiger partial charge on any atom is 0.322 e. The number of fused-ring (bicyclic) bond motifs is 1. The maximum absolute atomic E-state index is 13.2. The van der Waals surface area contributed by atoms with Gasteiger partial charge in [-0.05, 0) is 63.7 Å². The number of hydrogen-bond donors (Lipinski definition) is 2. The number of aryl methyl sites for hydroxylation is 2. The van der Waals surface area contributed by atoms with Gasteiger partial charge < -0.3 is 29.2 Å². The van der Waals surface area contributed by atoms with Crippen molar-refractivity contribution in [3.05, 3.63) is 59.0 Å². The molecule has 12 heteroatoms. The molecule has 0 radical (unpaired) electrons. The predicted octanol–water partition coefficient (Wildman–Crippen LogP) is 3.44. The molecule has 1 aromatic heterocycles. The number of sulfonamides is 1. The molecule has 2 amide bonds. The summed E-state index contributed by atoms with van der Waals surface area (Å²) in [5, 5.41) is 2.90. The van der Waals surface area contributed by atoms with E-state index in [1.165, 1.54) is 12.1 Å². The summed E-state index contributed by atoms with van der Waals surface area (Å²) >= 11 is 0. The standard InChI is InChI=1S/C27H34N6O5S/c1-18-19(2)38-26(28-18)30-39(35,36)21-7-5-20(6-8-21)29-27(34)33-12-11-22-23(17-33)24(9-10-25(22)37-4)32-15-13-31(3)14-16-32/h5-10H,11-17H2,1-4H3,(H,28,30)(H,29,34). The van der Waals surface area contributed by atoms with Crippen LogP contribution in [0.25, 0.3) is 0 Å². The van der Waals surface area contributed by atoms with Crippen LogP contribution in [-0.4, -0.2) is 76.1 Å². The fourth-order valence-corrected chi connectivity index (χ4v) is 5.87. The minimum atomic E-state index is -3.89. The van der Waals surface area contributed by atoms with Gasteiger partial charge in [-0.15, -0.1) is 0 Å². The number of ether oxygens (including phenoxy) is 1. The number of likely N-dealkylation sites (N-methyl/N-ethyl adjacent to an activating group) is 1. The molecule has 0 bridgehead atoms. The molecule has 0 unspecified atom stereocenters. The fourth-order valence-electron chi connectivity index (χ4n) is 4.94. The van der Waals surface area contributed by atoms with Gasteiger partial charge in [-0.2, -0.15) is 4.98 Å². The third kappa shape index (κ3) is 5.66. The van der Waals surface area contributed by atoms with Gasteiger partial charge in [-0.1, -0.05) is 0 Å². The van der Waals surface area contributed by atoms with E-state index in [2.05, 4.69) is 37.9 Å². The molecule has 0 aliphatic carbocycles. The van der Waals surface area contributed by atoms with Gasteiger partial charge in [0, 0.05) is 61.8 Å². The molecule has 2 N–H and O–H groups in total. The van der Waals surface area contributed by atoms with Crippen molar-refractivity contribution >= 4 is 33.4 Å². The molecular weight excluding hydrogens is 520 g/mol. The Labute approximate surface area is 228 Å². The molecule has 208 valence electrons. The number of amides is 2. The Bertz CT molecular complexity index is 1440. The maximum atomic E-state index is 13.2. The normalized spacial score (nSPS) is 16.1. The van der Waals surface area contributed by atoms with Crippen LogP contribution in [0.5, 0.6) is 5.75 Å². The van der Waals surface area contributed by atoms with E-state index in [1.54, 1.807) is 38.0 Å². The van der Waals surface area contributed by atoms with Gasteiger partial charge in [-0.3, -0.25) is 0 Å². The van der Waals surface area contributed by atoms with Crippen molar-refractivity contribution in [2.24, 2.45) is 0 Å². The van der Waals surface area contributed by atoms with Crippen molar-refractivity contribution in [3.8, 4) is 5.75 Å². The summed E-state index contributed by atoms with van der Waals surface area (Å²) in [4.78, 5) is 23.8. The summed E-state index contributed by atoms with van der Waals surface area (Å²) in [6.45, 7) is 8.30. The number of nitrogens with one attached hydrogen (secondary N) is 2. The molecule has 2 aliphatic rings. The molecule has 11 nitrogen and oxygen atoms in total. The first kappa shape index (κ1) is 26.8. The highest BCUT2D eigenvalue weighted by molar-refractivity contribution is 7.92. The molecule has 3 aromatic rings. The molecular formula is C27H34N6O5S. The van der Waals surface area contributed by atoms with Gasteiger partial charge in [0.2, 0.25) is 0 Å². The SMILES string of the molecule is COc1ccc(N2CCN(C)CC2)c2c1CCN(C(=O)Nc1ccc(S(=O)(=O)Nc3nc(C)c(C)o3)cc1)C2. The van der Waals surface area contributed by atoms with Crippen LogP contribution in [0, 0.1) is 13.8 Å². The molecule has 1 fully saturated rings. The Morgan fingerprint density at radius 2 is 1.72 bits per heavy atom. The van der Waals surface area contributed by atoms with Gasteiger partial charge >= 0.3 is 12.0 Å². The number of urea groups is 1. The van der Waals surface area contributed by atoms with Crippen LogP contribution in [-0.2, 0) is 23.0 Å². The number of nitrogens with zero attached hydrogens (tertiary/aromatic N) is 4. The quantitative estimate of drug-likeness (QED) is 0.476. The van der Waals surface area contributed by atoms with Gasteiger partial charge in [0.25, 0.3) is 10.0 Å². The van der Waals surface area contributed by atoms with Gasteiger partial charge in [-0.25, -0.2) is 17.9 Å². The molecule has 3 heterocycles. The van der Waals surface area contributed by atoms with Crippen LogP contribution in [0.1, 0.15) is 22.6 Å². The highest BCUT2D eigenvalue weighted by Crippen LogP contribution is 2.36. The Hall–Kier alpha value is -3.77. The second-order valence-corrected chi connectivity index (χ2v) is 11.6. The zero-order chi connectivity index (χ0) is 27.7. The van der Waals surface area contributed by atoms with Crippen molar-refractivity contribution in [1.82, 2.24) is 14.8 Å². The lowest BCUT2D eigenvalue weighted by Gasteiger charge is -2.38. The van der Waals surface area contributed by atoms with E-state index in [-0.39, 0.29) is 16.9 Å². The van der Waals surface area contributed by atoms with Crippen LogP contribution in [0.2, 0.25) is 0 Å². The summed E-state index contributed by atoms with van der Waals surface area (Å²) in [6.07, 6.45) is 0.691. The third-order valence-electron chi connectivity index (χ3n) is 7.36. The molecule has 2 aliphatic heterocycles. The number of rotatable bonds is 6. The minimum absolute atomic E-state index is 0.0322. The lowest BCUT2D eigenvalue weighted by Crippen LogP contribution is -2.46. The van der Waals surface area contributed by atoms with Crippen molar-refractivity contribution < 1.29 is 22.4 Å². The molecule has 2 aromatic carbocycles. The van der Waals surface area contributed by atoms with Crippen LogP contribution in [0.3, 0.4) is 0 Å². The number of methoxy groups -OCH3 is 1. The largest absolute Gasteiger partial charge is 0.496 e. The number of carbonyl (C=O) groups excluding carboxylic acids is 1. The van der Waals surface area contributed by atoms with Crippen molar-refractivity contribution in [2.75, 3.05) is 61.8 Å². The number of oxazole rings is 1. The Balaban J connectivity index is 1.28. The zero-order valence-corrected chi connectivity index (χ0v) is 23.5. The summed E-state index contributed by atoms with van der Waals surface area (Å²) in [5.41, 5.74) is 4.52. The molecule has 5 rings (SSSR count). The van der Waals surface area contributed by atoms with Crippen LogP contribution < -0.4 is 19.7 Å². The molecule has 0 saturated carbocycles. The fraction of sp³-hybridized carbons (Fsp3) is 0.407. The van der Waals surface area contributed by atoms with Crippen LogP contribution in [0.4, 0.5) is 22.2 Å². The highest BCUT2D eigenvalue weighted by Gasteiger charge is 2.28. The summed E-state index contributed by atoms with van der Waals surface area (Å²) in [5.74, 6) is 1.39. The predicted molar refractivity (Wildman–Crippen MR) is 149 cm³/mol.